The van der Waals surface area contributed by atoms with Gasteiger partial charge in [-0.1, -0.05) is 36.1 Å². The molecule has 2 N–H and O–H groups in total. The molecule has 2 aromatic rings. The summed E-state index contributed by atoms with van der Waals surface area (Å²) in [5, 5.41) is 36.9. The van der Waals surface area contributed by atoms with Crippen molar-refractivity contribution in [2.24, 2.45) is 4.99 Å². The Bertz CT molecular complexity index is 1110. The number of aliphatic hydroxyl groups is 1. The number of hydrogen-bond acceptors (Lipinski definition) is 8. The number of ether oxygens (including phenoxy) is 2. The molecule has 173 valence electrons. The zero-order valence-corrected chi connectivity index (χ0v) is 19.5. The van der Waals surface area contributed by atoms with Gasteiger partial charge in [0.15, 0.2) is 0 Å². The van der Waals surface area contributed by atoms with Crippen LogP contribution in [0.4, 0.5) is 11.4 Å². The van der Waals surface area contributed by atoms with E-state index in [0.29, 0.717) is 28.3 Å². The zero-order valence-electron chi connectivity index (χ0n) is 17.6. The fourth-order valence-electron chi connectivity index (χ4n) is 2.89. The number of carbonyl (C=O) groups excluding carboxylic acids is 1. The van der Waals surface area contributed by atoms with Gasteiger partial charge in [-0.2, -0.15) is 0 Å². The molecule has 10 heteroatoms. The van der Waals surface area contributed by atoms with Crippen molar-refractivity contribution in [2.45, 2.75) is 6.10 Å². The molecular weight excluding hydrogens is 492 g/mol. The number of aliphatic imine (C=N–C) groups is 1. The molecule has 0 fully saturated rings. The van der Waals surface area contributed by atoms with Gasteiger partial charge >= 0.3 is 17.1 Å². The van der Waals surface area contributed by atoms with Crippen LogP contribution in [-0.4, -0.2) is 37.6 Å². The number of benzene rings is 2. The van der Waals surface area contributed by atoms with Crippen LogP contribution in [0.5, 0.6) is 11.5 Å². The zero-order chi connectivity index (χ0) is 22.4. The van der Waals surface area contributed by atoms with Crippen LogP contribution in [0.15, 0.2) is 77.2 Å². The van der Waals surface area contributed by atoms with Crippen LogP contribution in [0.1, 0.15) is 15.9 Å². The molecule has 3 rings (SSSR count). The van der Waals surface area contributed by atoms with Gasteiger partial charge in [0.25, 0.3) is 0 Å². The third kappa shape index (κ3) is 6.63. The van der Waals surface area contributed by atoms with E-state index < -0.39 is 12.1 Å². The van der Waals surface area contributed by atoms with Crippen molar-refractivity contribution in [3.8, 4) is 11.5 Å². The van der Waals surface area contributed by atoms with Crippen molar-refractivity contribution in [2.75, 3.05) is 19.5 Å². The molecule has 1 aliphatic rings. The first kappa shape index (κ1) is 27.8. The standard InChI is InChI=1S/C23H22N2O6.ClH.Fe/c1-30-19-7-3-5-15(21(19)26)12-24-17-10-9-14(23(28)29)11-18(17)25-13-16-6-4-8-20(31-2)22(16)27;;/h3-13,22,25-27H,1-2H3,(H,28,29);1H;/q;;+3/p-3/b16-13-,24-12?;;. The second kappa shape index (κ2) is 12.7. The van der Waals surface area contributed by atoms with Crippen molar-refractivity contribution in [1.82, 2.24) is 0 Å². The van der Waals surface area contributed by atoms with E-state index in [1.165, 1.54) is 44.8 Å². The molecule has 0 spiro atoms. The topological polar surface area (TPSA) is 126 Å². The Hall–Kier alpha value is -3.23. The van der Waals surface area contributed by atoms with Crippen molar-refractivity contribution in [1.29, 1.82) is 0 Å². The second-order valence-electron chi connectivity index (χ2n) is 6.48. The van der Waals surface area contributed by atoms with Gasteiger partial charge in [-0.3, -0.25) is 4.99 Å². The molecule has 1 unspecified atom stereocenters. The van der Waals surface area contributed by atoms with Crippen LogP contribution in [0.2, 0.25) is 0 Å². The Morgan fingerprint density at radius 2 is 1.97 bits per heavy atom. The summed E-state index contributed by atoms with van der Waals surface area (Å²) >= 11 is 0. The normalized spacial score (nSPS) is 15.9. The maximum atomic E-state index is 12.3. The fraction of sp³-hybridized carbons (Fsp3) is 0.130. The third-order valence-corrected chi connectivity index (χ3v) is 4.57. The Morgan fingerprint density at radius 3 is 2.64 bits per heavy atom. The summed E-state index contributed by atoms with van der Waals surface area (Å²) in [4.78, 5) is 15.6. The molecule has 0 heterocycles. The van der Waals surface area contributed by atoms with E-state index in [-0.39, 0.29) is 46.5 Å². The van der Waals surface area contributed by atoms with E-state index in [1.807, 2.05) is 0 Å². The number of nitrogens with zero attached hydrogens (tertiary/aromatic N) is 1. The van der Waals surface area contributed by atoms with E-state index in [2.05, 4.69) is 10.3 Å². The quantitative estimate of drug-likeness (QED) is 0.347. The van der Waals surface area contributed by atoms with Gasteiger partial charge in [0.2, 0.25) is 0 Å². The van der Waals surface area contributed by atoms with Gasteiger partial charge in [0.05, 0.1) is 31.6 Å². The summed E-state index contributed by atoms with van der Waals surface area (Å²) in [5.74, 6) is -1.09. The van der Waals surface area contributed by atoms with Gasteiger partial charge in [-0.25, -0.2) is 0 Å². The molecule has 1 radical (unpaired) electrons. The van der Waals surface area contributed by atoms with Crippen LogP contribution in [-0.2, 0) is 21.8 Å². The smallest absolute Gasteiger partial charge is 1.00 e. The molecule has 0 amide bonds. The van der Waals surface area contributed by atoms with E-state index in [1.54, 1.807) is 36.4 Å². The third-order valence-electron chi connectivity index (χ3n) is 4.57. The van der Waals surface area contributed by atoms with Gasteiger partial charge in [0.1, 0.15) is 17.6 Å². The van der Waals surface area contributed by atoms with Crippen molar-refractivity contribution in [3.63, 3.8) is 0 Å². The minimum Gasteiger partial charge on any atom is -1.00 e. The van der Waals surface area contributed by atoms with Gasteiger partial charge in [-0.15, -0.1) is 0 Å². The number of halogens is 1. The molecule has 1 aliphatic carbocycles. The van der Waals surface area contributed by atoms with Gasteiger partial charge in [-0.05, 0) is 35.4 Å². The first-order valence-corrected chi connectivity index (χ1v) is 9.25. The Morgan fingerprint density at radius 1 is 1.21 bits per heavy atom. The molecule has 33 heavy (non-hydrogen) atoms. The molecule has 0 saturated heterocycles. The van der Waals surface area contributed by atoms with Crippen LogP contribution in [0.3, 0.4) is 0 Å². The minimum absolute atomic E-state index is 0. The van der Waals surface area contributed by atoms with Gasteiger partial charge in [0, 0.05) is 18.0 Å². The monoisotopic (exact) mass is 511 g/mol. The average Bonchev–Trinajstić information content (AvgIpc) is 2.78. The number of hydrogen-bond donors (Lipinski definition) is 2. The number of para-hydroxylation sites is 1. The average molecular weight is 512 g/mol. The number of carbonyl (C=O) groups is 1. The number of rotatable bonds is 7. The summed E-state index contributed by atoms with van der Waals surface area (Å²) in [6.45, 7) is 0. The number of carboxylic acids is 1. The number of allylic oxidation sites excluding steroid dienone is 2. The molecule has 0 bridgehead atoms. The van der Waals surface area contributed by atoms with Crippen LogP contribution in [0, 0.1) is 0 Å². The number of carboxylic acid groups (broad SMARTS) is 1. The number of aromatic carboxylic acids is 1. The number of anilines is 1. The first-order chi connectivity index (χ1) is 14.9. The molecule has 0 aliphatic heterocycles. The summed E-state index contributed by atoms with van der Waals surface area (Å²) in [5.41, 5.74) is 1.48. The first-order valence-electron chi connectivity index (χ1n) is 9.25. The van der Waals surface area contributed by atoms with Crippen molar-refractivity contribution < 1.29 is 59.1 Å². The molecule has 0 saturated carbocycles. The Labute approximate surface area is 207 Å². The second-order valence-corrected chi connectivity index (χ2v) is 6.48. The molecule has 2 aromatic carbocycles. The van der Waals surface area contributed by atoms with Crippen LogP contribution in [0.25, 0.3) is 0 Å². The maximum Gasteiger partial charge on any atom is 3.00 e. The molecule has 1 atom stereocenters. The van der Waals surface area contributed by atoms with E-state index in [0.717, 1.165) is 0 Å². The van der Waals surface area contributed by atoms with Crippen LogP contribution >= 0.6 is 0 Å². The Kier molecular flexibility index (Phi) is 10.7. The van der Waals surface area contributed by atoms with Gasteiger partial charge < -0.3 is 47.3 Å². The summed E-state index contributed by atoms with van der Waals surface area (Å²) in [6.07, 6.45) is 6.96. The summed E-state index contributed by atoms with van der Waals surface area (Å²) in [6, 6.07) is 9.02. The van der Waals surface area contributed by atoms with E-state index in [9.17, 15) is 20.1 Å². The summed E-state index contributed by atoms with van der Waals surface area (Å²) in [7, 11) is 2.86. The Balaban J connectivity index is 0.00000272. The summed E-state index contributed by atoms with van der Waals surface area (Å²) < 4.78 is 10.1. The molecule has 8 nitrogen and oxygen atoms in total. The fourth-order valence-corrected chi connectivity index (χ4v) is 2.89. The van der Waals surface area contributed by atoms with Crippen LogP contribution < -0.4 is 32.7 Å². The number of nitrogens with one attached hydrogen (secondary N) is 1. The SMILES string of the molecule is COC1=CC=C/C(=C/Nc2cc(C(=O)[O-])ccc2N=Cc2cccc(OC)c2[O-])C1O.[Cl-].[Fe+3]. The van der Waals surface area contributed by atoms with Crippen molar-refractivity contribution in [3.05, 3.63) is 83.3 Å². The largest absolute Gasteiger partial charge is 3.00 e. The molecular formula is C23H20ClFeN2O6. The maximum absolute atomic E-state index is 12.3. The van der Waals surface area contributed by atoms with Crippen molar-refractivity contribution >= 4 is 23.6 Å². The van der Waals surface area contributed by atoms with E-state index >= 15 is 0 Å². The predicted molar refractivity (Wildman–Crippen MR) is 112 cm³/mol. The predicted octanol–water partition coefficient (Wildman–Crippen LogP) is -1.36. The number of aliphatic hydroxyl groups excluding tert-OH is 1. The molecule has 0 aromatic heterocycles. The number of methoxy groups -OCH3 is 2. The minimum atomic E-state index is -1.34. The van der Waals surface area contributed by atoms with E-state index in [4.69, 9.17) is 9.47 Å².